The van der Waals surface area contributed by atoms with Gasteiger partial charge in [0.2, 0.25) is 5.95 Å². The lowest BCUT2D eigenvalue weighted by atomic mass is 9.85. The molecule has 4 aromatic rings. The van der Waals surface area contributed by atoms with Gasteiger partial charge in [0.1, 0.15) is 18.6 Å². The van der Waals surface area contributed by atoms with Crippen LogP contribution < -0.4 is 17.0 Å². The maximum absolute atomic E-state index is 16.1. The van der Waals surface area contributed by atoms with Crippen LogP contribution in [0.1, 0.15) is 25.8 Å². The Bertz CT molecular complexity index is 1720. The van der Waals surface area contributed by atoms with Gasteiger partial charge in [0, 0.05) is 5.92 Å². The van der Waals surface area contributed by atoms with E-state index in [-0.39, 0.29) is 40.5 Å². The number of aliphatic hydroxyl groups is 1. The molecule has 3 unspecified atom stereocenters. The Morgan fingerprint density at radius 1 is 1.22 bits per heavy atom. The molecule has 17 nitrogen and oxygen atoms in total. The van der Waals surface area contributed by atoms with Gasteiger partial charge in [-0.1, -0.05) is 12.1 Å². The summed E-state index contributed by atoms with van der Waals surface area (Å²) < 4.78 is 51.0. The van der Waals surface area contributed by atoms with Gasteiger partial charge in [-0.15, -0.1) is 5.10 Å². The fraction of sp³-hybridized carbons (Fsp3) is 0.550. The molecule has 41 heavy (non-hydrogen) atoms. The molecule has 2 fully saturated rings. The van der Waals surface area contributed by atoms with Crippen LogP contribution in [0.4, 0.5) is 20.5 Å². The number of anilines is 2. The van der Waals surface area contributed by atoms with Crippen molar-refractivity contribution in [1.29, 1.82) is 0 Å². The SMILES string of the molecule is CC1CC2[C@@H](COP(O)(=S)O[C@@H]([C@@H](O)n3cnc4c(=O)[nH]c(N)nc43)[C@H]1F)O[C@@H](n1nnc3c(N)ncnc31)[C@H]2F. The van der Waals surface area contributed by atoms with Crippen LogP contribution in [-0.4, -0.2) is 85.6 Å². The molecular weight excluding hydrogens is 591 g/mol. The van der Waals surface area contributed by atoms with Crippen molar-refractivity contribution >= 4 is 52.6 Å². The second kappa shape index (κ2) is 10.2. The number of aromatic amines is 1. The molecule has 6 rings (SSSR count). The number of nitrogens with zero attached hydrogens (tertiary/aromatic N) is 8. The van der Waals surface area contributed by atoms with E-state index in [0.717, 1.165) is 15.6 Å². The summed E-state index contributed by atoms with van der Waals surface area (Å²) in [6, 6.07) is 0. The van der Waals surface area contributed by atoms with Gasteiger partial charge in [0.25, 0.3) is 5.56 Å². The minimum atomic E-state index is -4.24. The third-order valence-corrected chi connectivity index (χ3v) is 8.75. The van der Waals surface area contributed by atoms with Crippen molar-refractivity contribution in [2.75, 3.05) is 18.1 Å². The number of nitrogens with one attached hydrogen (secondary N) is 1. The van der Waals surface area contributed by atoms with Gasteiger partial charge in [-0.3, -0.25) is 18.9 Å². The Hall–Kier alpha value is -3.26. The number of aliphatic hydroxyl groups excluding tert-OH is 1. The van der Waals surface area contributed by atoms with Crippen LogP contribution in [0, 0.1) is 11.8 Å². The van der Waals surface area contributed by atoms with Gasteiger partial charge in [-0.25, -0.2) is 23.7 Å². The lowest BCUT2D eigenvalue weighted by Gasteiger charge is -2.35. The fourth-order valence-corrected chi connectivity index (χ4v) is 6.58. The van der Waals surface area contributed by atoms with Gasteiger partial charge in [0.15, 0.2) is 46.8 Å². The third-order valence-electron chi connectivity index (χ3n) is 7.19. The summed E-state index contributed by atoms with van der Waals surface area (Å²) in [5.74, 6) is -2.14. The highest BCUT2D eigenvalue weighted by atomic mass is 32.5. The molecular formula is C20H24F2N11O6PS. The van der Waals surface area contributed by atoms with Crippen molar-refractivity contribution in [2.24, 2.45) is 11.8 Å². The normalized spacial score (nSPS) is 33.6. The van der Waals surface area contributed by atoms with Crippen molar-refractivity contribution in [2.45, 2.75) is 50.4 Å². The molecule has 0 bridgehead atoms. The Morgan fingerprint density at radius 2 is 2.00 bits per heavy atom. The highest BCUT2D eigenvalue weighted by Gasteiger charge is 2.51. The number of nitrogen functional groups attached to an aromatic ring is 2. The van der Waals surface area contributed by atoms with Gasteiger partial charge >= 0.3 is 6.72 Å². The third kappa shape index (κ3) is 4.84. The molecule has 4 aromatic heterocycles. The van der Waals surface area contributed by atoms with Gasteiger partial charge < -0.3 is 30.7 Å². The van der Waals surface area contributed by atoms with E-state index in [1.165, 1.54) is 13.3 Å². The van der Waals surface area contributed by atoms with Crippen LogP contribution in [0.2, 0.25) is 0 Å². The summed E-state index contributed by atoms with van der Waals surface area (Å²) >= 11 is 5.10. The molecule has 2 aliphatic heterocycles. The number of ether oxygens (including phenoxy) is 1. The Morgan fingerprint density at radius 3 is 2.78 bits per heavy atom. The van der Waals surface area contributed by atoms with Gasteiger partial charge in [-0.2, -0.15) is 9.67 Å². The maximum atomic E-state index is 16.1. The monoisotopic (exact) mass is 615 g/mol. The molecule has 7 N–H and O–H groups in total. The van der Waals surface area contributed by atoms with E-state index in [9.17, 15) is 14.8 Å². The van der Waals surface area contributed by atoms with E-state index < -0.39 is 67.7 Å². The van der Waals surface area contributed by atoms with Gasteiger partial charge in [0.05, 0.1) is 19.0 Å². The van der Waals surface area contributed by atoms with Crippen molar-refractivity contribution in [1.82, 2.24) is 44.5 Å². The highest BCUT2D eigenvalue weighted by Crippen LogP contribution is 2.51. The van der Waals surface area contributed by atoms with E-state index >= 15 is 8.78 Å². The number of hydrogen-bond acceptors (Lipinski definition) is 14. The predicted molar refractivity (Wildman–Crippen MR) is 140 cm³/mol. The number of alkyl halides is 2. The summed E-state index contributed by atoms with van der Waals surface area (Å²) in [6.07, 6.45) is -7.67. The number of halogens is 2. The molecule has 9 atom stereocenters. The molecule has 220 valence electrons. The first kappa shape index (κ1) is 27.9. The molecule has 2 saturated heterocycles. The minimum Gasteiger partial charge on any atom is -0.382 e. The number of fused-ring (bicyclic) bond motifs is 3. The van der Waals surface area contributed by atoms with E-state index in [0.29, 0.717) is 0 Å². The largest absolute Gasteiger partial charge is 0.382 e. The van der Waals surface area contributed by atoms with E-state index in [4.69, 9.17) is 37.1 Å². The van der Waals surface area contributed by atoms with Crippen molar-refractivity contribution in [3.05, 3.63) is 23.0 Å². The summed E-state index contributed by atoms with van der Waals surface area (Å²) in [4.78, 5) is 41.0. The first-order valence-corrected chi connectivity index (χ1v) is 14.9. The smallest absolute Gasteiger partial charge is 0.325 e. The molecule has 21 heteroatoms. The summed E-state index contributed by atoms with van der Waals surface area (Å²) in [5.41, 5.74) is 10.7. The molecule has 0 aromatic carbocycles. The lowest BCUT2D eigenvalue weighted by Crippen LogP contribution is -2.41. The quantitative estimate of drug-likeness (QED) is 0.188. The number of nitrogens with two attached hydrogens (primary N) is 2. The van der Waals surface area contributed by atoms with Crippen LogP contribution >= 0.6 is 6.72 Å². The van der Waals surface area contributed by atoms with Crippen LogP contribution in [0.5, 0.6) is 0 Å². The average molecular weight is 616 g/mol. The van der Waals surface area contributed by atoms with E-state index in [1.54, 1.807) is 0 Å². The summed E-state index contributed by atoms with van der Waals surface area (Å²) in [7, 11) is 0. The number of H-pyrrole nitrogens is 1. The zero-order valence-electron chi connectivity index (χ0n) is 21.1. The Kier molecular flexibility index (Phi) is 6.96. The number of hydrogen-bond donors (Lipinski definition) is 5. The number of rotatable bonds is 3. The Balaban J connectivity index is 1.31. The topological polar surface area (TPSA) is 240 Å². The molecule has 0 radical (unpaired) electrons. The van der Waals surface area contributed by atoms with Crippen LogP contribution in [-0.2, 0) is 25.6 Å². The summed E-state index contributed by atoms with van der Waals surface area (Å²) in [6.45, 7) is -3.17. The molecule has 6 heterocycles. The molecule has 0 spiro atoms. The second-order valence-corrected chi connectivity index (χ2v) is 12.6. The predicted octanol–water partition coefficient (Wildman–Crippen LogP) is -0.142. The molecule has 2 aliphatic rings. The highest BCUT2D eigenvalue weighted by molar-refractivity contribution is 8.07. The first-order valence-electron chi connectivity index (χ1n) is 12.3. The fourth-order valence-electron chi connectivity index (χ4n) is 5.17. The summed E-state index contributed by atoms with van der Waals surface area (Å²) in [5, 5.41) is 19.0. The molecule has 0 amide bonds. The zero-order chi connectivity index (χ0) is 29.2. The maximum Gasteiger partial charge on any atom is 0.325 e. The van der Waals surface area contributed by atoms with Crippen molar-refractivity contribution in [3.8, 4) is 0 Å². The first-order chi connectivity index (χ1) is 19.4. The minimum absolute atomic E-state index is 0.0433. The zero-order valence-corrected chi connectivity index (χ0v) is 22.8. The van der Waals surface area contributed by atoms with E-state index in [2.05, 4.69) is 35.2 Å². The molecule has 0 saturated carbocycles. The number of aromatic nitrogens is 9. The van der Waals surface area contributed by atoms with Crippen molar-refractivity contribution < 1.29 is 32.6 Å². The Labute approximate surface area is 233 Å². The number of imidazole rings is 1. The van der Waals surface area contributed by atoms with Gasteiger partial charge in [-0.05, 0) is 24.1 Å². The van der Waals surface area contributed by atoms with E-state index in [1.807, 2.05) is 0 Å². The average Bonchev–Trinajstić information content (AvgIpc) is 3.62. The standard InChI is InChI=1S/C20H24F2N11O6PS/c1-6-2-7-8(38-19(10(7)22)33-15-11(30-31-33)14(23)25-4-26-15)3-37-40(36,41)39-13(9(6)21)18(35)32-5-27-12-16(32)28-20(24)29-17(12)34/h4-10,13,18-19,35H,2-3H2,1H3,(H,36,41)(H2,23,25,26)(H3,24,28,29,34)/t6?,7?,8-,9+,10+,13-,18-,19-,40?/m1/s1. The van der Waals surface area contributed by atoms with Crippen LogP contribution in [0.3, 0.4) is 0 Å². The lowest BCUT2D eigenvalue weighted by molar-refractivity contribution is -0.0854. The van der Waals surface area contributed by atoms with Crippen LogP contribution in [0.15, 0.2) is 17.4 Å². The van der Waals surface area contributed by atoms with Crippen molar-refractivity contribution in [3.63, 3.8) is 0 Å². The second-order valence-electron chi connectivity index (χ2n) is 9.82. The molecule has 0 aliphatic carbocycles. The van der Waals surface area contributed by atoms with Crippen LogP contribution in [0.25, 0.3) is 22.3 Å².